The van der Waals surface area contributed by atoms with Gasteiger partial charge in [0.2, 0.25) is 0 Å². The van der Waals surface area contributed by atoms with Crippen LogP contribution in [0, 0.1) is 13.8 Å². The van der Waals surface area contributed by atoms with E-state index in [1.165, 1.54) is 11.1 Å². The Morgan fingerprint density at radius 1 is 1.38 bits per heavy atom. The van der Waals surface area contributed by atoms with Gasteiger partial charge in [-0.1, -0.05) is 6.07 Å². The number of aliphatic hydroxyl groups excluding tert-OH is 1. The minimum atomic E-state index is -0.527. The van der Waals surface area contributed by atoms with Crippen LogP contribution in [0.1, 0.15) is 22.2 Å². The molecular formula is C18H24N2O3S. The Balaban J connectivity index is 1.48. The molecule has 2 aromatic rings. The summed E-state index contributed by atoms with van der Waals surface area (Å²) >= 11 is 1.61. The highest BCUT2D eigenvalue weighted by Gasteiger charge is 2.25. The summed E-state index contributed by atoms with van der Waals surface area (Å²) in [5, 5.41) is 13.3. The minimum absolute atomic E-state index is 0.00582. The number of hydrogen-bond donors (Lipinski definition) is 1. The Hall–Kier alpha value is -1.47. The highest BCUT2D eigenvalue weighted by atomic mass is 32.1. The number of β-amino-alcohol motifs (C(OH)–C–C–N with tert-alkyl or cyclic N) is 1. The van der Waals surface area contributed by atoms with E-state index in [1.54, 1.807) is 17.5 Å². The second-order valence-corrected chi connectivity index (χ2v) is 7.20. The third-order valence-electron chi connectivity index (χ3n) is 3.98. The first-order valence-corrected chi connectivity index (χ1v) is 9.10. The number of benzene rings is 1. The van der Waals surface area contributed by atoms with Crippen molar-refractivity contribution in [2.75, 3.05) is 32.8 Å². The molecule has 0 saturated carbocycles. The van der Waals surface area contributed by atoms with E-state index in [0.717, 1.165) is 23.8 Å². The molecule has 0 radical (unpaired) electrons. The lowest BCUT2D eigenvalue weighted by Gasteiger charge is -2.33. The lowest BCUT2D eigenvalue weighted by atomic mass is 10.1. The van der Waals surface area contributed by atoms with Gasteiger partial charge in [0.15, 0.2) is 0 Å². The summed E-state index contributed by atoms with van der Waals surface area (Å²) in [7, 11) is 0. The van der Waals surface area contributed by atoms with Crippen LogP contribution in [-0.4, -0.2) is 53.9 Å². The molecule has 0 spiro atoms. The molecule has 2 heterocycles. The SMILES string of the molecule is Cc1cc(C)cc(OC[C@@H](O)CN2CCO[C@H](c3nccs3)C2)c1. The van der Waals surface area contributed by atoms with Crippen molar-refractivity contribution < 1.29 is 14.6 Å². The van der Waals surface area contributed by atoms with E-state index in [9.17, 15) is 5.11 Å². The summed E-state index contributed by atoms with van der Waals surface area (Å²) in [6, 6.07) is 6.09. The van der Waals surface area contributed by atoms with E-state index in [1.807, 2.05) is 31.4 Å². The largest absolute Gasteiger partial charge is 0.491 e. The monoisotopic (exact) mass is 348 g/mol. The molecule has 1 fully saturated rings. The average molecular weight is 348 g/mol. The van der Waals surface area contributed by atoms with Crippen LogP contribution in [0.25, 0.3) is 0 Å². The van der Waals surface area contributed by atoms with E-state index in [0.29, 0.717) is 19.8 Å². The highest BCUT2D eigenvalue weighted by molar-refractivity contribution is 7.09. The van der Waals surface area contributed by atoms with E-state index in [-0.39, 0.29) is 6.10 Å². The van der Waals surface area contributed by atoms with Crippen molar-refractivity contribution in [2.45, 2.75) is 26.1 Å². The Bertz CT molecular complexity index is 627. The van der Waals surface area contributed by atoms with Crippen LogP contribution < -0.4 is 4.74 Å². The highest BCUT2D eigenvalue weighted by Crippen LogP contribution is 2.24. The van der Waals surface area contributed by atoms with Gasteiger partial charge in [0.1, 0.15) is 29.6 Å². The van der Waals surface area contributed by atoms with E-state index in [2.05, 4.69) is 16.0 Å². The summed E-state index contributed by atoms with van der Waals surface area (Å²) in [6.45, 7) is 7.20. The van der Waals surface area contributed by atoms with Crippen molar-refractivity contribution in [3.8, 4) is 5.75 Å². The Morgan fingerprint density at radius 3 is 2.88 bits per heavy atom. The third kappa shape index (κ3) is 4.77. The molecule has 2 atom stereocenters. The molecule has 1 aliphatic heterocycles. The molecule has 0 aliphatic carbocycles. The zero-order valence-corrected chi connectivity index (χ0v) is 15.0. The van der Waals surface area contributed by atoms with Gasteiger partial charge < -0.3 is 14.6 Å². The second kappa shape index (κ2) is 8.07. The van der Waals surface area contributed by atoms with E-state index < -0.39 is 6.10 Å². The van der Waals surface area contributed by atoms with Gasteiger partial charge in [-0.05, 0) is 37.1 Å². The molecule has 0 bridgehead atoms. The molecule has 1 N–H and O–H groups in total. The molecule has 1 aromatic heterocycles. The normalized spacial score (nSPS) is 20.0. The van der Waals surface area contributed by atoms with Gasteiger partial charge in [-0.2, -0.15) is 0 Å². The molecule has 6 heteroatoms. The van der Waals surface area contributed by atoms with E-state index >= 15 is 0 Å². The zero-order valence-electron chi connectivity index (χ0n) is 14.1. The summed E-state index contributed by atoms with van der Waals surface area (Å²) < 4.78 is 11.5. The van der Waals surface area contributed by atoms with E-state index in [4.69, 9.17) is 9.47 Å². The fourth-order valence-electron chi connectivity index (χ4n) is 2.97. The Labute approximate surface area is 146 Å². The predicted molar refractivity (Wildman–Crippen MR) is 94.7 cm³/mol. The second-order valence-electron chi connectivity index (χ2n) is 6.28. The van der Waals surface area contributed by atoms with Crippen molar-refractivity contribution in [1.82, 2.24) is 9.88 Å². The summed E-state index contributed by atoms with van der Waals surface area (Å²) in [5.41, 5.74) is 2.33. The zero-order chi connectivity index (χ0) is 16.9. The number of aryl methyl sites for hydroxylation is 2. The lowest BCUT2D eigenvalue weighted by molar-refractivity contribution is -0.0460. The van der Waals surface area contributed by atoms with Crippen LogP contribution in [0.2, 0.25) is 0 Å². The topological polar surface area (TPSA) is 54.8 Å². The van der Waals surface area contributed by atoms with Gasteiger partial charge in [0.05, 0.1) is 6.61 Å². The molecule has 0 unspecified atom stereocenters. The minimum Gasteiger partial charge on any atom is -0.491 e. The molecule has 1 saturated heterocycles. The first-order valence-electron chi connectivity index (χ1n) is 8.22. The number of nitrogens with zero attached hydrogens (tertiary/aromatic N) is 2. The number of ether oxygens (including phenoxy) is 2. The standard InChI is InChI=1S/C18H24N2O3S/c1-13-7-14(2)9-16(8-13)23-12-15(21)10-20-4-5-22-17(11-20)18-19-3-6-24-18/h3,6-9,15,17,21H,4-5,10-12H2,1-2H3/t15-,17-/m0/s1. The van der Waals surface area contributed by atoms with Crippen molar-refractivity contribution >= 4 is 11.3 Å². The van der Waals surface area contributed by atoms with Crippen LogP contribution in [0.3, 0.4) is 0 Å². The summed E-state index contributed by atoms with van der Waals surface area (Å²) in [6.07, 6.45) is 1.28. The maximum atomic E-state index is 10.3. The number of morpholine rings is 1. The van der Waals surface area contributed by atoms with Crippen LogP contribution in [0.4, 0.5) is 0 Å². The fraction of sp³-hybridized carbons (Fsp3) is 0.500. The number of thiazole rings is 1. The number of hydrogen-bond acceptors (Lipinski definition) is 6. The summed E-state index contributed by atoms with van der Waals surface area (Å²) in [5.74, 6) is 0.814. The smallest absolute Gasteiger partial charge is 0.123 e. The fourth-order valence-corrected chi connectivity index (χ4v) is 3.65. The third-order valence-corrected chi connectivity index (χ3v) is 4.85. The number of rotatable bonds is 6. The van der Waals surface area contributed by atoms with Gasteiger partial charge in [-0.25, -0.2) is 4.98 Å². The van der Waals surface area contributed by atoms with Crippen LogP contribution in [-0.2, 0) is 4.74 Å². The molecular weight excluding hydrogens is 324 g/mol. The number of aliphatic hydroxyl groups is 1. The van der Waals surface area contributed by atoms with Gasteiger partial charge in [0, 0.05) is 31.2 Å². The predicted octanol–water partition coefficient (Wildman–Crippen LogP) is 2.57. The van der Waals surface area contributed by atoms with Gasteiger partial charge in [0.25, 0.3) is 0 Å². The molecule has 130 valence electrons. The van der Waals surface area contributed by atoms with Crippen molar-refractivity contribution in [3.63, 3.8) is 0 Å². The molecule has 5 nitrogen and oxygen atoms in total. The van der Waals surface area contributed by atoms with Crippen LogP contribution in [0.5, 0.6) is 5.75 Å². The maximum absolute atomic E-state index is 10.3. The number of aromatic nitrogens is 1. The van der Waals surface area contributed by atoms with Crippen LogP contribution >= 0.6 is 11.3 Å². The van der Waals surface area contributed by atoms with Gasteiger partial charge in [-0.3, -0.25) is 4.90 Å². The summed E-state index contributed by atoms with van der Waals surface area (Å²) in [4.78, 5) is 6.54. The molecule has 1 aromatic carbocycles. The van der Waals surface area contributed by atoms with Gasteiger partial charge >= 0.3 is 0 Å². The Morgan fingerprint density at radius 2 is 2.17 bits per heavy atom. The first kappa shape index (κ1) is 17.4. The van der Waals surface area contributed by atoms with Crippen molar-refractivity contribution in [2.24, 2.45) is 0 Å². The first-order chi connectivity index (χ1) is 11.6. The lowest BCUT2D eigenvalue weighted by Crippen LogP contribution is -2.43. The van der Waals surface area contributed by atoms with Crippen molar-refractivity contribution in [3.05, 3.63) is 45.9 Å². The molecule has 1 aliphatic rings. The average Bonchev–Trinajstić information content (AvgIpc) is 3.07. The molecule has 3 rings (SSSR count). The maximum Gasteiger partial charge on any atom is 0.123 e. The van der Waals surface area contributed by atoms with Crippen LogP contribution in [0.15, 0.2) is 29.8 Å². The Kier molecular flexibility index (Phi) is 5.84. The van der Waals surface area contributed by atoms with Crippen molar-refractivity contribution in [1.29, 1.82) is 0 Å². The molecule has 24 heavy (non-hydrogen) atoms. The molecule has 0 amide bonds. The quantitative estimate of drug-likeness (QED) is 0.869. The van der Waals surface area contributed by atoms with Gasteiger partial charge in [-0.15, -0.1) is 11.3 Å².